The quantitative estimate of drug-likeness (QED) is 0.751. The van der Waals surface area contributed by atoms with Gasteiger partial charge in [0, 0.05) is 0 Å². The molecular formula is C12H30N2Si2. The van der Waals surface area contributed by atoms with E-state index < -0.39 is 16.8 Å². The minimum Gasteiger partial charge on any atom is -0.335 e. The minimum absolute atomic E-state index is 0.783. The maximum atomic E-state index is 4.17. The van der Waals surface area contributed by atoms with Crippen molar-refractivity contribution >= 4 is 16.8 Å². The molecule has 0 atom stereocenters. The fourth-order valence-electron chi connectivity index (χ4n) is 3.17. The van der Waals surface area contributed by atoms with Crippen LogP contribution in [0.25, 0.3) is 0 Å². The van der Waals surface area contributed by atoms with E-state index >= 15 is 0 Å². The van der Waals surface area contributed by atoms with Crippen LogP contribution in [0.2, 0.25) is 22.2 Å². The summed E-state index contributed by atoms with van der Waals surface area (Å²) in [7, 11) is -2.79. The van der Waals surface area contributed by atoms with Crippen molar-refractivity contribution in [2.24, 2.45) is 0 Å². The van der Waals surface area contributed by atoms with E-state index in [1.807, 2.05) is 0 Å². The summed E-state index contributed by atoms with van der Waals surface area (Å²) in [5.41, 5.74) is 3.13. The maximum absolute atomic E-state index is 4.17. The molecule has 2 nitrogen and oxygen atoms in total. The number of hydrogen-bond donors (Lipinski definition) is 2. The lowest BCUT2D eigenvalue weighted by atomic mass is 10.5. The molecule has 0 unspecified atom stereocenters. The minimum atomic E-state index is -1.40. The molecule has 2 N–H and O–H groups in total. The topological polar surface area (TPSA) is 24.1 Å². The molecule has 1 saturated heterocycles. The van der Waals surface area contributed by atoms with Crippen LogP contribution in [0.5, 0.6) is 0 Å². The normalized spacial score (nSPS) is 23.2. The van der Waals surface area contributed by atoms with Gasteiger partial charge in [-0.05, 0) is 22.2 Å². The second-order valence-electron chi connectivity index (χ2n) is 6.61. The lowest BCUT2D eigenvalue weighted by Crippen LogP contribution is -2.95. The first-order valence-electron chi connectivity index (χ1n) is 6.77. The highest BCUT2D eigenvalue weighted by atomic mass is 28.5. The molecule has 0 aliphatic carbocycles. The van der Waals surface area contributed by atoms with E-state index in [2.05, 4.69) is 64.7 Å². The zero-order chi connectivity index (χ0) is 12.7. The second kappa shape index (κ2) is 4.55. The van der Waals surface area contributed by atoms with Crippen LogP contribution in [-0.4, -0.2) is 16.8 Å². The largest absolute Gasteiger partial charge is 0.335 e. The summed E-state index contributed by atoms with van der Waals surface area (Å²) >= 11 is 0. The average molecular weight is 259 g/mol. The van der Waals surface area contributed by atoms with Gasteiger partial charge in [-0.1, -0.05) is 55.4 Å². The van der Waals surface area contributed by atoms with Crippen molar-refractivity contribution in [3.05, 3.63) is 0 Å². The molecule has 1 rings (SSSR count). The van der Waals surface area contributed by atoms with Crippen LogP contribution >= 0.6 is 0 Å². The highest BCUT2D eigenvalue weighted by molar-refractivity contribution is 7.08. The summed E-state index contributed by atoms with van der Waals surface area (Å²) in [6.07, 6.45) is 0. The summed E-state index contributed by atoms with van der Waals surface area (Å²) in [6, 6.07) is 0. The highest BCUT2D eigenvalue weighted by Crippen LogP contribution is 2.42. The molecule has 16 heavy (non-hydrogen) atoms. The molecule has 0 aromatic carbocycles. The zero-order valence-electron chi connectivity index (χ0n) is 12.3. The van der Waals surface area contributed by atoms with Gasteiger partial charge in [-0.15, -0.1) is 0 Å². The monoisotopic (exact) mass is 258 g/mol. The van der Waals surface area contributed by atoms with Crippen LogP contribution < -0.4 is 9.30 Å². The van der Waals surface area contributed by atoms with Crippen LogP contribution in [0.4, 0.5) is 0 Å². The van der Waals surface area contributed by atoms with Crippen molar-refractivity contribution in [3.63, 3.8) is 0 Å². The summed E-state index contributed by atoms with van der Waals surface area (Å²) < 4.78 is 8.34. The Kier molecular flexibility index (Phi) is 4.10. The lowest BCUT2D eigenvalue weighted by molar-refractivity contribution is 0.712. The standard InChI is InChI=1S/C12H30N2Si2/c1-9(2)15(10(3)4)13-16(14-15,11(5)6)12(7)8/h9-14H,1-8H3. The summed E-state index contributed by atoms with van der Waals surface area (Å²) in [5.74, 6) is 0. The molecule has 1 heterocycles. The zero-order valence-corrected chi connectivity index (χ0v) is 14.3. The van der Waals surface area contributed by atoms with Gasteiger partial charge in [-0.2, -0.15) is 0 Å². The predicted molar refractivity (Wildman–Crippen MR) is 78.2 cm³/mol. The molecule has 4 heteroatoms. The van der Waals surface area contributed by atoms with Crippen molar-refractivity contribution in [1.29, 1.82) is 0 Å². The molecule has 1 fully saturated rings. The molecule has 96 valence electrons. The first-order valence-corrected chi connectivity index (χ1v) is 11.1. The fourth-order valence-corrected chi connectivity index (χ4v) is 20.6. The third kappa shape index (κ3) is 1.94. The molecule has 0 saturated carbocycles. The number of nitrogens with one attached hydrogen (secondary N) is 2. The maximum Gasteiger partial charge on any atom is 0.195 e. The van der Waals surface area contributed by atoms with Gasteiger partial charge in [-0.25, -0.2) is 0 Å². The Morgan fingerprint density at radius 2 is 0.688 bits per heavy atom. The van der Waals surface area contributed by atoms with Crippen LogP contribution in [0.15, 0.2) is 0 Å². The lowest BCUT2D eigenvalue weighted by Gasteiger charge is -2.63. The summed E-state index contributed by atoms with van der Waals surface area (Å²) in [6.45, 7) is 19.0. The van der Waals surface area contributed by atoms with E-state index in [0.29, 0.717) is 0 Å². The van der Waals surface area contributed by atoms with Crippen LogP contribution in [0.3, 0.4) is 0 Å². The van der Waals surface area contributed by atoms with Crippen molar-refractivity contribution in [3.8, 4) is 0 Å². The Bertz CT molecular complexity index is 199. The van der Waals surface area contributed by atoms with Gasteiger partial charge in [0.05, 0.1) is 0 Å². The molecule has 1 aliphatic heterocycles. The predicted octanol–water partition coefficient (Wildman–Crippen LogP) is 3.70. The molecule has 1 aliphatic rings. The van der Waals surface area contributed by atoms with E-state index in [9.17, 15) is 0 Å². The number of rotatable bonds is 4. The third-order valence-corrected chi connectivity index (χ3v) is 18.4. The SMILES string of the molecule is CC(C)[Si]1(C(C)C)N[Si](C(C)C)(C(C)C)N1. The Morgan fingerprint density at radius 1 is 0.500 bits per heavy atom. The molecule has 0 radical (unpaired) electrons. The Morgan fingerprint density at radius 3 is 0.812 bits per heavy atom. The van der Waals surface area contributed by atoms with Gasteiger partial charge in [-0.3, -0.25) is 0 Å². The van der Waals surface area contributed by atoms with Crippen molar-refractivity contribution in [1.82, 2.24) is 9.30 Å². The van der Waals surface area contributed by atoms with Gasteiger partial charge < -0.3 is 9.30 Å². The Labute approximate surface area is 104 Å². The molecule has 0 aromatic heterocycles. The van der Waals surface area contributed by atoms with E-state index in [-0.39, 0.29) is 0 Å². The Hall–Kier alpha value is 0.354. The summed E-state index contributed by atoms with van der Waals surface area (Å²) in [5, 5.41) is 0. The first kappa shape index (κ1) is 14.4. The molecule has 0 bridgehead atoms. The van der Waals surface area contributed by atoms with Gasteiger partial charge in [0.2, 0.25) is 0 Å². The van der Waals surface area contributed by atoms with Gasteiger partial charge in [0.15, 0.2) is 16.8 Å². The molecule has 0 amide bonds. The van der Waals surface area contributed by atoms with Gasteiger partial charge in [0.25, 0.3) is 0 Å². The van der Waals surface area contributed by atoms with E-state index in [4.69, 9.17) is 0 Å². The van der Waals surface area contributed by atoms with Crippen molar-refractivity contribution in [2.45, 2.75) is 77.6 Å². The van der Waals surface area contributed by atoms with E-state index in [0.717, 1.165) is 22.2 Å². The van der Waals surface area contributed by atoms with Crippen LogP contribution in [-0.2, 0) is 0 Å². The van der Waals surface area contributed by atoms with Crippen LogP contribution in [0.1, 0.15) is 55.4 Å². The van der Waals surface area contributed by atoms with E-state index in [1.54, 1.807) is 0 Å². The Balaban J connectivity index is 2.89. The smallest absolute Gasteiger partial charge is 0.195 e. The molecule has 0 spiro atoms. The molecular weight excluding hydrogens is 228 g/mol. The fraction of sp³-hybridized carbons (Fsp3) is 1.00. The number of hydrogen-bond acceptors (Lipinski definition) is 2. The van der Waals surface area contributed by atoms with E-state index in [1.165, 1.54) is 0 Å². The summed E-state index contributed by atoms with van der Waals surface area (Å²) in [4.78, 5) is 0. The second-order valence-corrected chi connectivity index (χ2v) is 16.7. The molecule has 0 aromatic rings. The highest BCUT2D eigenvalue weighted by Gasteiger charge is 2.62. The van der Waals surface area contributed by atoms with Gasteiger partial charge in [0.1, 0.15) is 0 Å². The van der Waals surface area contributed by atoms with Crippen molar-refractivity contribution in [2.75, 3.05) is 0 Å². The third-order valence-electron chi connectivity index (χ3n) is 4.47. The average Bonchev–Trinajstić information content (AvgIpc) is 1.98. The first-order chi connectivity index (χ1) is 7.19. The van der Waals surface area contributed by atoms with Crippen LogP contribution in [0, 0.1) is 0 Å². The van der Waals surface area contributed by atoms with Gasteiger partial charge >= 0.3 is 0 Å². The van der Waals surface area contributed by atoms with Crippen molar-refractivity contribution < 1.29 is 0 Å².